The Morgan fingerprint density at radius 2 is 1.85 bits per heavy atom. The van der Waals surface area contributed by atoms with E-state index in [1.807, 2.05) is 14.1 Å². The summed E-state index contributed by atoms with van der Waals surface area (Å²) in [7, 11) is 3.84. The zero-order valence-corrected chi connectivity index (χ0v) is 13.3. The van der Waals surface area contributed by atoms with Gasteiger partial charge in [-0.3, -0.25) is 4.90 Å². The second kappa shape index (κ2) is 6.63. The summed E-state index contributed by atoms with van der Waals surface area (Å²) in [5.74, 6) is 0.815. The first kappa shape index (κ1) is 15.4. The molecule has 6 heteroatoms. The topological polar surface area (TPSA) is 58.9 Å². The number of tetrazole rings is 1. The highest BCUT2D eigenvalue weighted by Gasteiger charge is 2.35. The van der Waals surface area contributed by atoms with Crippen LogP contribution < -0.4 is 5.32 Å². The lowest BCUT2D eigenvalue weighted by Gasteiger charge is -2.43. The van der Waals surface area contributed by atoms with Crippen molar-refractivity contribution < 1.29 is 0 Å². The third-order valence-corrected chi connectivity index (χ3v) is 4.56. The van der Waals surface area contributed by atoms with Crippen molar-refractivity contribution in [2.45, 2.75) is 57.5 Å². The van der Waals surface area contributed by atoms with Gasteiger partial charge in [0.1, 0.15) is 0 Å². The summed E-state index contributed by atoms with van der Waals surface area (Å²) in [5, 5.41) is 15.8. The van der Waals surface area contributed by atoms with Gasteiger partial charge in [-0.1, -0.05) is 12.8 Å². The van der Waals surface area contributed by atoms with Crippen LogP contribution in [0, 0.1) is 0 Å². The van der Waals surface area contributed by atoms with Crippen molar-refractivity contribution in [3.63, 3.8) is 0 Å². The maximum atomic E-state index is 4.31. The second-order valence-corrected chi connectivity index (χ2v) is 6.30. The number of likely N-dealkylation sites (N-methyl/N-ethyl adjacent to an activating group) is 1. The molecule has 0 radical (unpaired) electrons. The highest BCUT2D eigenvalue weighted by Crippen LogP contribution is 2.24. The summed E-state index contributed by atoms with van der Waals surface area (Å²) in [5.41, 5.74) is 0.0955. The molecule has 6 nitrogen and oxygen atoms in total. The van der Waals surface area contributed by atoms with Crippen molar-refractivity contribution in [2.24, 2.45) is 7.05 Å². The molecule has 1 aromatic rings. The van der Waals surface area contributed by atoms with Crippen molar-refractivity contribution in [3.05, 3.63) is 5.82 Å². The third-order valence-electron chi connectivity index (χ3n) is 4.56. The Morgan fingerprint density at radius 3 is 2.35 bits per heavy atom. The molecule has 0 saturated carbocycles. The lowest BCUT2D eigenvalue weighted by molar-refractivity contribution is 0.0857. The van der Waals surface area contributed by atoms with Crippen molar-refractivity contribution in [3.8, 4) is 0 Å². The second-order valence-electron chi connectivity index (χ2n) is 6.30. The van der Waals surface area contributed by atoms with E-state index in [9.17, 15) is 0 Å². The normalized spacial score (nSPS) is 19.8. The van der Waals surface area contributed by atoms with Gasteiger partial charge in [0.15, 0.2) is 5.82 Å². The van der Waals surface area contributed by atoms with Gasteiger partial charge in [0.2, 0.25) is 0 Å². The molecule has 20 heavy (non-hydrogen) atoms. The zero-order chi connectivity index (χ0) is 14.6. The predicted molar refractivity (Wildman–Crippen MR) is 79.5 cm³/mol. The maximum Gasteiger partial charge on any atom is 0.176 e. The Balaban J connectivity index is 2.07. The number of hydrogen-bond acceptors (Lipinski definition) is 5. The molecule has 114 valence electrons. The van der Waals surface area contributed by atoms with Gasteiger partial charge in [-0.25, -0.2) is 0 Å². The van der Waals surface area contributed by atoms with Crippen LogP contribution in [0.2, 0.25) is 0 Å². The Labute approximate surface area is 121 Å². The summed E-state index contributed by atoms with van der Waals surface area (Å²) >= 11 is 0. The molecule has 0 aliphatic carbocycles. The third kappa shape index (κ3) is 3.55. The van der Waals surface area contributed by atoms with Gasteiger partial charge in [0.25, 0.3) is 0 Å². The van der Waals surface area contributed by atoms with Gasteiger partial charge in [-0.2, -0.15) is 4.80 Å². The molecule has 1 aliphatic heterocycles. The summed E-state index contributed by atoms with van der Waals surface area (Å²) in [6.07, 6.45) is 6.16. The maximum absolute atomic E-state index is 4.31. The quantitative estimate of drug-likeness (QED) is 0.872. The molecule has 0 amide bonds. The minimum absolute atomic E-state index is 0.0955. The van der Waals surface area contributed by atoms with Crippen LogP contribution in [0.15, 0.2) is 0 Å². The van der Waals surface area contributed by atoms with Crippen molar-refractivity contribution in [2.75, 3.05) is 20.1 Å². The highest BCUT2D eigenvalue weighted by molar-refractivity contribution is 4.98. The number of aryl methyl sites for hydroxylation is 1. The molecule has 0 spiro atoms. The molecule has 0 bridgehead atoms. The first-order valence-corrected chi connectivity index (χ1v) is 7.69. The number of aromatic nitrogens is 4. The van der Waals surface area contributed by atoms with Crippen LogP contribution in [0.3, 0.4) is 0 Å². The zero-order valence-electron chi connectivity index (χ0n) is 13.3. The fourth-order valence-corrected chi connectivity index (χ4v) is 3.16. The average molecular weight is 280 g/mol. The van der Waals surface area contributed by atoms with E-state index >= 15 is 0 Å². The number of nitrogens with zero attached hydrogens (tertiary/aromatic N) is 5. The molecule has 1 N–H and O–H groups in total. The van der Waals surface area contributed by atoms with Gasteiger partial charge in [0.05, 0.1) is 7.05 Å². The number of hydrogen-bond donors (Lipinski definition) is 1. The summed E-state index contributed by atoms with van der Waals surface area (Å²) in [6, 6.07) is 0.324. The fourth-order valence-electron chi connectivity index (χ4n) is 3.16. The van der Waals surface area contributed by atoms with Crippen LogP contribution in [-0.2, 0) is 13.5 Å². The Morgan fingerprint density at radius 1 is 1.20 bits per heavy atom. The van der Waals surface area contributed by atoms with Crippen LogP contribution in [0.25, 0.3) is 0 Å². The molecule has 2 rings (SSSR count). The van der Waals surface area contributed by atoms with Crippen LogP contribution in [0.1, 0.15) is 45.4 Å². The van der Waals surface area contributed by atoms with E-state index < -0.39 is 0 Å². The first-order chi connectivity index (χ1) is 9.54. The monoisotopic (exact) mass is 280 g/mol. The molecular weight excluding hydrogens is 252 g/mol. The van der Waals surface area contributed by atoms with E-state index in [1.54, 1.807) is 0 Å². The Kier molecular flexibility index (Phi) is 5.10. The first-order valence-electron chi connectivity index (χ1n) is 7.69. The van der Waals surface area contributed by atoms with Crippen molar-refractivity contribution in [1.82, 2.24) is 30.4 Å². The largest absolute Gasteiger partial charge is 0.315 e. The van der Waals surface area contributed by atoms with Crippen molar-refractivity contribution in [1.29, 1.82) is 0 Å². The summed E-state index contributed by atoms with van der Waals surface area (Å²) in [6.45, 7) is 7.05. The number of nitrogens with one attached hydrogen (secondary N) is 1. The van der Waals surface area contributed by atoms with E-state index in [4.69, 9.17) is 0 Å². The molecule has 1 fully saturated rings. The minimum atomic E-state index is 0.0955. The Bertz CT molecular complexity index is 406. The SMILES string of the molecule is CNC(Cc1nnn(C)n1)C(C)(C)N1CCCCCC1. The van der Waals surface area contributed by atoms with E-state index in [-0.39, 0.29) is 5.54 Å². The highest BCUT2D eigenvalue weighted by atomic mass is 15.6. The van der Waals surface area contributed by atoms with E-state index in [1.165, 1.54) is 43.6 Å². The van der Waals surface area contributed by atoms with Crippen LogP contribution >= 0.6 is 0 Å². The lowest BCUT2D eigenvalue weighted by atomic mass is 9.89. The van der Waals surface area contributed by atoms with Gasteiger partial charge in [-0.15, -0.1) is 10.2 Å². The smallest absolute Gasteiger partial charge is 0.176 e. The molecule has 1 unspecified atom stereocenters. The van der Waals surface area contributed by atoms with E-state index in [2.05, 4.69) is 39.5 Å². The van der Waals surface area contributed by atoms with Crippen molar-refractivity contribution >= 4 is 0 Å². The average Bonchev–Trinajstić information content (AvgIpc) is 2.68. The molecule has 1 atom stereocenters. The number of rotatable bonds is 5. The molecule has 1 saturated heterocycles. The van der Waals surface area contributed by atoms with Crippen LogP contribution in [0.4, 0.5) is 0 Å². The lowest BCUT2D eigenvalue weighted by Crippen LogP contribution is -2.58. The molecule has 0 aromatic carbocycles. The molecule has 2 heterocycles. The molecular formula is C14H28N6. The van der Waals surface area contributed by atoms with Gasteiger partial charge in [0, 0.05) is 18.0 Å². The van der Waals surface area contributed by atoms with Crippen LogP contribution in [-0.4, -0.2) is 56.8 Å². The van der Waals surface area contributed by atoms with Gasteiger partial charge >= 0.3 is 0 Å². The van der Waals surface area contributed by atoms with Crippen LogP contribution in [0.5, 0.6) is 0 Å². The molecule has 1 aromatic heterocycles. The predicted octanol–water partition coefficient (Wildman–Crippen LogP) is 0.995. The van der Waals surface area contributed by atoms with E-state index in [0.29, 0.717) is 6.04 Å². The minimum Gasteiger partial charge on any atom is -0.315 e. The molecule has 1 aliphatic rings. The standard InChI is InChI=1S/C14H28N6/c1-14(2,20-9-7-5-6-8-10-20)12(15-3)11-13-16-18-19(4)17-13/h12,15H,5-11H2,1-4H3. The van der Waals surface area contributed by atoms with E-state index in [0.717, 1.165) is 12.2 Å². The summed E-state index contributed by atoms with van der Waals surface area (Å²) in [4.78, 5) is 4.15. The fraction of sp³-hybridized carbons (Fsp3) is 0.929. The number of likely N-dealkylation sites (tertiary alicyclic amines) is 1. The van der Waals surface area contributed by atoms with Gasteiger partial charge < -0.3 is 5.32 Å². The summed E-state index contributed by atoms with van der Waals surface area (Å²) < 4.78 is 0. The van der Waals surface area contributed by atoms with Gasteiger partial charge in [-0.05, 0) is 52.0 Å². The Hall–Kier alpha value is -1.01.